The molecule has 0 aromatic heterocycles. The summed E-state index contributed by atoms with van der Waals surface area (Å²) < 4.78 is 18.3. The predicted molar refractivity (Wildman–Crippen MR) is 57.5 cm³/mol. The summed E-state index contributed by atoms with van der Waals surface area (Å²) in [6, 6.07) is 4.19. The molecule has 16 heavy (non-hydrogen) atoms. The van der Waals surface area contributed by atoms with E-state index in [-0.39, 0.29) is 23.2 Å². The second-order valence-corrected chi connectivity index (χ2v) is 3.74. The molecule has 1 fully saturated rings. The second kappa shape index (κ2) is 4.49. The zero-order chi connectivity index (χ0) is 11.5. The second-order valence-electron chi connectivity index (χ2n) is 3.74. The Morgan fingerprint density at radius 1 is 1.56 bits per heavy atom. The minimum Gasteiger partial charge on any atom is -0.396 e. The average molecular weight is 224 g/mol. The highest BCUT2D eigenvalue weighted by Crippen LogP contribution is 2.16. The Kier molecular flexibility index (Phi) is 3.05. The van der Waals surface area contributed by atoms with Gasteiger partial charge in [0.25, 0.3) is 5.91 Å². The lowest BCUT2D eigenvalue weighted by Crippen LogP contribution is -2.35. The maximum atomic E-state index is 13.1. The predicted octanol–water partition coefficient (Wildman–Crippen LogP) is 0.927. The van der Waals surface area contributed by atoms with Crippen LogP contribution < -0.4 is 11.1 Å². The number of nitrogen functional groups attached to an aromatic ring is 1. The number of benzene rings is 1. The van der Waals surface area contributed by atoms with Crippen LogP contribution in [-0.4, -0.2) is 25.2 Å². The Hall–Kier alpha value is -1.62. The number of para-hydroxylation sites is 1. The standard InChI is InChI=1S/C11H13FN2O2/c12-9-3-1-2-8(10(9)13)11(15)14-7-4-5-16-6-7/h1-3,7H,4-6,13H2,(H,14,15). The van der Waals surface area contributed by atoms with Gasteiger partial charge in [0.05, 0.1) is 23.9 Å². The topological polar surface area (TPSA) is 64.4 Å². The third-order valence-corrected chi connectivity index (χ3v) is 2.56. The molecule has 3 N–H and O–H groups in total. The smallest absolute Gasteiger partial charge is 0.253 e. The van der Waals surface area contributed by atoms with E-state index in [4.69, 9.17) is 10.5 Å². The number of carbonyl (C=O) groups excluding carboxylic acids is 1. The fourth-order valence-electron chi connectivity index (χ4n) is 1.65. The molecule has 1 aromatic carbocycles. The molecule has 4 nitrogen and oxygen atoms in total. The molecule has 0 saturated carbocycles. The quantitative estimate of drug-likeness (QED) is 0.734. The van der Waals surface area contributed by atoms with Gasteiger partial charge in [0, 0.05) is 6.61 Å². The molecule has 1 atom stereocenters. The monoisotopic (exact) mass is 224 g/mol. The van der Waals surface area contributed by atoms with Gasteiger partial charge in [0.2, 0.25) is 0 Å². The number of anilines is 1. The first-order valence-corrected chi connectivity index (χ1v) is 5.11. The van der Waals surface area contributed by atoms with Crippen molar-refractivity contribution in [1.29, 1.82) is 0 Å². The van der Waals surface area contributed by atoms with Crippen molar-refractivity contribution < 1.29 is 13.9 Å². The Morgan fingerprint density at radius 2 is 2.38 bits per heavy atom. The van der Waals surface area contributed by atoms with Gasteiger partial charge in [0.15, 0.2) is 0 Å². The van der Waals surface area contributed by atoms with Crippen molar-refractivity contribution in [3.63, 3.8) is 0 Å². The molecule has 2 rings (SSSR count). The first-order chi connectivity index (χ1) is 7.68. The third-order valence-electron chi connectivity index (χ3n) is 2.56. The van der Waals surface area contributed by atoms with Crippen LogP contribution in [-0.2, 0) is 4.74 Å². The van der Waals surface area contributed by atoms with Crippen molar-refractivity contribution in [1.82, 2.24) is 5.32 Å². The molecule has 1 unspecified atom stereocenters. The van der Waals surface area contributed by atoms with Crippen LogP contribution in [0.1, 0.15) is 16.8 Å². The summed E-state index contributed by atoms with van der Waals surface area (Å²) in [6.07, 6.45) is 0.779. The van der Waals surface area contributed by atoms with Crippen molar-refractivity contribution in [2.45, 2.75) is 12.5 Å². The number of hydrogen-bond donors (Lipinski definition) is 2. The molecule has 86 valence electrons. The largest absolute Gasteiger partial charge is 0.396 e. The maximum absolute atomic E-state index is 13.1. The van der Waals surface area contributed by atoms with Gasteiger partial charge in [-0.1, -0.05) is 6.07 Å². The van der Waals surface area contributed by atoms with E-state index in [0.29, 0.717) is 13.2 Å². The van der Waals surface area contributed by atoms with Gasteiger partial charge in [0.1, 0.15) is 5.82 Å². The highest BCUT2D eigenvalue weighted by atomic mass is 19.1. The summed E-state index contributed by atoms with van der Waals surface area (Å²) in [6.45, 7) is 1.14. The molecule has 1 aromatic rings. The molecule has 0 spiro atoms. The molecule has 1 aliphatic rings. The van der Waals surface area contributed by atoms with E-state index in [1.54, 1.807) is 0 Å². The van der Waals surface area contributed by atoms with Gasteiger partial charge in [-0.25, -0.2) is 4.39 Å². The highest BCUT2D eigenvalue weighted by molar-refractivity contribution is 5.99. The van der Waals surface area contributed by atoms with E-state index in [1.165, 1.54) is 18.2 Å². The number of carbonyl (C=O) groups is 1. The summed E-state index contributed by atoms with van der Waals surface area (Å²) in [7, 11) is 0. The lowest BCUT2D eigenvalue weighted by atomic mass is 10.1. The molecular weight excluding hydrogens is 211 g/mol. The molecule has 0 aliphatic carbocycles. The summed E-state index contributed by atoms with van der Waals surface area (Å²) >= 11 is 0. The van der Waals surface area contributed by atoms with Crippen molar-refractivity contribution in [2.24, 2.45) is 0 Å². The van der Waals surface area contributed by atoms with Gasteiger partial charge in [-0.2, -0.15) is 0 Å². The van der Waals surface area contributed by atoms with Crippen LogP contribution in [0.4, 0.5) is 10.1 Å². The van der Waals surface area contributed by atoms with E-state index >= 15 is 0 Å². The van der Waals surface area contributed by atoms with E-state index in [1.807, 2.05) is 0 Å². The molecule has 1 amide bonds. The summed E-state index contributed by atoms with van der Waals surface area (Å²) in [5.41, 5.74) is 5.55. The number of ether oxygens (including phenoxy) is 1. The number of nitrogens with one attached hydrogen (secondary N) is 1. The van der Waals surface area contributed by atoms with Crippen molar-refractivity contribution in [2.75, 3.05) is 18.9 Å². The van der Waals surface area contributed by atoms with Crippen LogP contribution in [0.15, 0.2) is 18.2 Å². The normalized spacial score (nSPS) is 19.7. The first-order valence-electron chi connectivity index (χ1n) is 5.11. The minimum atomic E-state index is -0.574. The van der Waals surface area contributed by atoms with Crippen LogP contribution >= 0.6 is 0 Å². The average Bonchev–Trinajstić information content (AvgIpc) is 2.74. The summed E-state index contributed by atoms with van der Waals surface area (Å²) in [4.78, 5) is 11.8. The van der Waals surface area contributed by atoms with Crippen LogP contribution in [0.25, 0.3) is 0 Å². The highest BCUT2D eigenvalue weighted by Gasteiger charge is 2.20. The lowest BCUT2D eigenvalue weighted by molar-refractivity contribution is 0.0930. The fraction of sp³-hybridized carbons (Fsp3) is 0.364. The van der Waals surface area contributed by atoms with E-state index in [9.17, 15) is 9.18 Å². The van der Waals surface area contributed by atoms with Gasteiger partial charge in [-0.3, -0.25) is 4.79 Å². The minimum absolute atomic E-state index is 0.00447. The molecule has 1 heterocycles. The Labute approximate surface area is 92.6 Å². The van der Waals surface area contributed by atoms with Gasteiger partial charge < -0.3 is 15.8 Å². The lowest BCUT2D eigenvalue weighted by Gasteiger charge is -2.12. The number of rotatable bonds is 2. The molecule has 0 bridgehead atoms. The van der Waals surface area contributed by atoms with Gasteiger partial charge in [-0.05, 0) is 18.6 Å². The van der Waals surface area contributed by atoms with Gasteiger partial charge in [-0.15, -0.1) is 0 Å². The van der Waals surface area contributed by atoms with Crippen LogP contribution in [0, 0.1) is 5.82 Å². The number of nitrogens with two attached hydrogens (primary N) is 1. The molecule has 5 heteroatoms. The summed E-state index contributed by atoms with van der Waals surface area (Å²) in [5, 5.41) is 2.75. The third kappa shape index (κ3) is 2.14. The van der Waals surface area contributed by atoms with Crippen LogP contribution in [0.5, 0.6) is 0 Å². The SMILES string of the molecule is Nc1c(F)cccc1C(=O)NC1CCOC1. The summed E-state index contributed by atoms with van der Waals surface area (Å²) in [5.74, 6) is -0.928. The number of halogens is 1. The fourth-order valence-corrected chi connectivity index (χ4v) is 1.65. The molecular formula is C11H13FN2O2. The number of hydrogen-bond acceptors (Lipinski definition) is 3. The molecule has 0 radical (unpaired) electrons. The Morgan fingerprint density at radius 3 is 3.06 bits per heavy atom. The number of amides is 1. The van der Waals surface area contributed by atoms with Crippen molar-refractivity contribution in [3.8, 4) is 0 Å². The van der Waals surface area contributed by atoms with Crippen LogP contribution in [0.2, 0.25) is 0 Å². The van der Waals surface area contributed by atoms with Crippen LogP contribution in [0.3, 0.4) is 0 Å². The van der Waals surface area contributed by atoms with Crippen molar-refractivity contribution >= 4 is 11.6 Å². The molecule has 1 aliphatic heterocycles. The zero-order valence-electron chi connectivity index (χ0n) is 8.70. The first kappa shape index (κ1) is 10.9. The van der Waals surface area contributed by atoms with E-state index in [0.717, 1.165) is 6.42 Å². The zero-order valence-corrected chi connectivity index (χ0v) is 8.70. The maximum Gasteiger partial charge on any atom is 0.253 e. The van der Waals surface area contributed by atoms with E-state index in [2.05, 4.69) is 5.32 Å². The van der Waals surface area contributed by atoms with Crippen molar-refractivity contribution in [3.05, 3.63) is 29.6 Å². The Balaban J connectivity index is 2.11. The van der Waals surface area contributed by atoms with E-state index < -0.39 is 5.82 Å². The van der Waals surface area contributed by atoms with Gasteiger partial charge >= 0.3 is 0 Å². The molecule has 1 saturated heterocycles. The Bertz CT molecular complexity index is 403.